The number of aliphatic hydroxyl groups excluding tert-OH is 2. The van der Waals surface area contributed by atoms with Crippen molar-refractivity contribution in [1.82, 2.24) is 0 Å². The summed E-state index contributed by atoms with van der Waals surface area (Å²) in [6.07, 6.45) is 8.60. The molecule has 4 heteroatoms. The fourth-order valence-electron chi connectivity index (χ4n) is 1.80. The third kappa shape index (κ3) is 15.8. The van der Waals surface area contributed by atoms with Gasteiger partial charge in [-0.05, 0) is 32.1 Å². The summed E-state index contributed by atoms with van der Waals surface area (Å²) in [5, 5.41) is 18.1. The van der Waals surface area contributed by atoms with Gasteiger partial charge in [-0.25, -0.2) is 0 Å². The molecule has 1 unspecified atom stereocenters. The van der Waals surface area contributed by atoms with Gasteiger partial charge in [-0.2, -0.15) is 0 Å². The molecule has 0 spiro atoms. The summed E-state index contributed by atoms with van der Waals surface area (Å²) >= 11 is 0. The van der Waals surface area contributed by atoms with Crippen LogP contribution in [0.3, 0.4) is 0 Å². The third-order valence-electron chi connectivity index (χ3n) is 2.99. The molecule has 0 saturated carbocycles. The second-order valence-electron chi connectivity index (χ2n) is 4.92. The lowest BCUT2D eigenvalue weighted by Gasteiger charge is -2.11. The van der Waals surface area contributed by atoms with Crippen molar-refractivity contribution in [1.29, 1.82) is 0 Å². The zero-order valence-electron chi connectivity index (χ0n) is 12.5. The topological polar surface area (TPSA) is 58.9 Å². The van der Waals surface area contributed by atoms with E-state index in [0.29, 0.717) is 13.2 Å². The summed E-state index contributed by atoms with van der Waals surface area (Å²) in [5.74, 6) is 0. The Labute approximate surface area is 118 Å². The summed E-state index contributed by atoms with van der Waals surface area (Å²) in [6, 6.07) is 0. The van der Waals surface area contributed by atoms with Crippen LogP contribution in [0.2, 0.25) is 0 Å². The summed E-state index contributed by atoms with van der Waals surface area (Å²) in [4.78, 5) is 0. The number of unbranched alkanes of at least 4 members (excludes halogenated alkanes) is 5. The van der Waals surface area contributed by atoms with Gasteiger partial charge in [0.2, 0.25) is 0 Å². The number of rotatable bonds is 15. The fourth-order valence-corrected chi connectivity index (χ4v) is 1.80. The minimum absolute atomic E-state index is 0.206. The maximum atomic E-state index is 9.54. The van der Waals surface area contributed by atoms with Crippen molar-refractivity contribution in [3.63, 3.8) is 0 Å². The smallest absolute Gasteiger partial charge is 0.154 e. The van der Waals surface area contributed by atoms with Crippen LogP contribution < -0.4 is 0 Å². The predicted molar refractivity (Wildman–Crippen MR) is 77.1 cm³/mol. The minimum Gasteiger partial charge on any atom is -0.396 e. The second kappa shape index (κ2) is 15.9. The Kier molecular flexibility index (Phi) is 15.8. The van der Waals surface area contributed by atoms with Gasteiger partial charge >= 0.3 is 0 Å². The van der Waals surface area contributed by atoms with Crippen molar-refractivity contribution < 1.29 is 19.7 Å². The highest BCUT2D eigenvalue weighted by Crippen LogP contribution is 2.06. The van der Waals surface area contributed by atoms with Crippen LogP contribution in [-0.4, -0.2) is 42.9 Å². The highest BCUT2D eigenvalue weighted by Gasteiger charge is 2.02. The van der Waals surface area contributed by atoms with Crippen molar-refractivity contribution in [2.24, 2.45) is 0 Å². The van der Waals surface area contributed by atoms with Gasteiger partial charge in [-0.1, -0.05) is 32.6 Å². The molecule has 0 fully saturated rings. The maximum absolute atomic E-state index is 9.54. The second-order valence-corrected chi connectivity index (χ2v) is 4.92. The molecular weight excluding hydrogens is 244 g/mol. The van der Waals surface area contributed by atoms with Crippen molar-refractivity contribution in [3.05, 3.63) is 0 Å². The van der Waals surface area contributed by atoms with Gasteiger partial charge in [-0.15, -0.1) is 0 Å². The summed E-state index contributed by atoms with van der Waals surface area (Å²) in [7, 11) is 0. The molecule has 0 rings (SSSR count). The summed E-state index contributed by atoms with van der Waals surface area (Å²) in [6.45, 7) is 4.45. The van der Waals surface area contributed by atoms with Crippen LogP contribution >= 0.6 is 0 Å². The highest BCUT2D eigenvalue weighted by molar-refractivity contribution is 4.47. The van der Waals surface area contributed by atoms with Crippen molar-refractivity contribution in [2.45, 2.75) is 71.0 Å². The largest absolute Gasteiger partial charge is 0.396 e. The van der Waals surface area contributed by atoms with Crippen molar-refractivity contribution in [3.8, 4) is 0 Å². The van der Waals surface area contributed by atoms with E-state index in [-0.39, 0.29) is 6.61 Å². The molecule has 0 amide bonds. The first kappa shape index (κ1) is 18.8. The van der Waals surface area contributed by atoms with Crippen LogP contribution in [-0.2, 0) is 9.47 Å². The Hall–Kier alpha value is -0.160. The first-order valence-electron chi connectivity index (χ1n) is 7.79. The van der Waals surface area contributed by atoms with E-state index in [1.165, 1.54) is 6.42 Å². The molecule has 0 aromatic rings. The number of hydrogen-bond acceptors (Lipinski definition) is 4. The van der Waals surface area contributed by atoms with Gasteiger partial charge in [0, 0.05) is 26.4 Å². The molecule has 2 N–H and O–H groups in total. The predicted octanol–water partition coefficient (Wildman–Crippen LogP) is 2.86. The SMILES string of the molecule is CCCCCC(O)OCCCCCCOCCCO. The van der Waals surface area contributed by atoms with Crippen LogP contribution in [0.1, 0.15) is 64.7 Å². The van der Waals surface area contributed by atoms with Gasteiger partial charge < -0.3 is 19.7 Å². The van der Waals surface area contributed by atoms with Gasteiger partial charge in [0.05, 0.1) is 0 Å². The van der Waals surface area contributed by atoms with Gasteiger partial charge in [0.15, 0.2) is 6.29 Å². The monoisotopic (exact) mass is 276 g/mol. The molecule has 4 nitrogen and oxygen atoms in total. The molecule has 0 aliphatic heterocycles. The molecule has 1 atom stereocenters. The third-order valence-corrected chi connectivity index (χ3v) is 2.99. The lowest BCUT2D eigenvalue weighted by Crippen LogP contribution is -2.12. The van der Waals surface area contributed by atoms with E-state index in [0.717, 1.165) is 58.0 Å². The van der Waals surface area contributed by atoms with E-state index < -0.39 is 6.29 Å². The summed E-state index contributed by atoms with van der Waals surface area (Å²) < 4.78 is 10.7. The molecular formula is C15H32O4. The van der Waals surface area contributed by atoms with Crippen LogP contribution in [0, 0.1) is 0 Å². The molecule has 0 bridgehead atoms. The Balaban J connectivity index is 3.05. The number of hydrogen-bond donors (Lipinski definition) is 2. The Bertz CT molecular complexity index is 164. The zero-order valence-corrected chi connectivity index (χ0v) is 12.5. The first-order valence-corrected chi connectivity index (χ1v) is 7.79. The van der Waals surface area contributed by atoms with E-state index >= 15 is 0 Å². The quantitative estimate of drug-likeness (QED) is 0.357. The minimum atomic E-state index is -0.576. The molecule has 0 aliphatic carbocycles. The Morgan fingerprint density at radius 3 is 2.21 bits per heavy atom. The van der Waals surface area contributed by atoms with Gasteiger partial charge in [0.25, 0.3) is 0 Å². The average molecular weight is 276 g/mol. The lowest BCUT2D eigenvalue weighted by molar-refractivity contribution is -0.105. The maximum Gasteiger partial charge on any atom is 0.154 e. The van der Waals surface area contributed by atoms with Crippen molar-refractivity contribution >= 4 is 0 Å². The fraction of sp³-hybridized carbons (Fsp3) is 1.00. The van der Waals surface area contributed by atoms with Crippen LogP contribution in [0.4, 0.5) is 0 Å². The zero-order chi connectivity index (χ0) is 14.2. The van der Waals surface area contributed by atoms with E-state index in [1.54, 1.807) is 0 Å². The first-order chi connectivity index (χ1) is 9.31. The average Bonchev–Trinajstić information content (AvgIpc) is 2.41. The molecule has 0 saturated heterocycles. The number of ether oxygens (including phenoxy) is 2. The van der Waals surface area contributed by atoms with E-state index in [1.807, 2.05) is 0 Å². The molecule has 0 radical (unpaired) electrons. The van der Waals surface area contributed by atoms with Crippen LogP contribution in [0.25, 0.3) is 0 Å². The van der Waals surface area contributed by atoms with Crippen LogP contribution in [0.15, 0.2) is 0 Å². The molecule has 0 aromatic carbocycles. The van der Waals surface area contributed by atoms with E-state index in [4.69, 9.17) is 14.6 Å². The van der Waals surface area contributed by atoms with E-state index in [9.17, 15) is 5.11 Å². The standard InChI is InChI=1S/C15H32O4/c1-2-3-6-10-15(17)19-14-8-5-4-7-12-18-13-9-11-16/h15-17H,2-14H2,1H3. The Morgan fingerprint density at radius 1 is 0.842 bits per heavy atom. The van der Waals surface area contributed by atoms with E-state index in [2.05, 4.69) is 6.92 Å². The van der Waals surface area contributed by atoms with Gasteiger partial charge in [0.1, 0.15) is 0 Å². The molecule has 116 valence electrons. The van der Waals surface area contributed by atoms with Crippen LogP contribution in [0.5, 0.6) is 0 Å². The summed E-state index contributed by atoms with van der Waals surface area (Å²) in [5.41, 5.74) is 0. The molecule has 19 heavy (non-hydrogen) atoms. The van der Waals surface area contributed by atoms with Crippen molar-refractivity contribution in [2.75, 3.05) is 26.4 Å². The normalized spacial score (nSPS) is 12.8. The highest BCUT2D eigenvalue weighted by atomic mass is 16.6. The molecule has 0 aliphatic rings. The number of aliphatic hydroxyl groups is 2. The lowest BCUT2D eigenvalue weighted by atomic mass is 10.2. The van der Waals surface area contributed by atoms with Gasteiger partial charge in [-0.3, -0.25) is 0 Å². The molecule has 0 aromatic heterocycles. The molecule has 0 heterocycles. The Morgan fingerprint density at radius 2 is 1.53 bits per heavy atom.